The van der Waals surface area contributed by atoms with Crippen molar-refractivity contribution in [1.29, 1.82) is 0 Å². The van der Waals surface area contributed by atoms with Crippen LogP contribution in [0.1, 0.15) is 39.5 Å². The zero-order valence-electron chi connectivity index (χ0n) is 12.1. The van der Waals surface area contributed by atoms with Crippen molar-refractivity contribution in [3.63, 3.8) is 0 Å². The van der Waals surface area contributed by atoms with E-state index in [4.69, 9.17) is 5.73 Å². The summed E-state index contributed by atoms with van der Waals surface area (Å²) in [5.41, 5.74) is 5.69. The SMILES string of the molecule is CC(N)C(C)C(=O)NCCCN1CCCCC1.Cl.Cl. The van der Waals surface area contributed by atoms with Crippen LogP contribution in [0.5, 0.6) is 0 Å². The van der Waals surface area contributed by atoms with E-state index < -0.39 is 0 Å². The predicted molar refractivity (Wildman–Crippen MR) is 85.2 cm³/mol. The van der Waals surface area contributed by atoms with Crippen LogP contribution in [0.15, 0.2) is 0 Å². The summed E-state index contributed by atoms with van der Waals surface area (Å²) < 4.78 is 0. The Bertz CT molecular complexity index is 234. The van der Waals surface area contributed by atoms with Gasteiger partial charge in [0.2, 0.25) is 5.91 Å². The van der Waals surface area contributed by atoms with Crippen molar-refractivity contribution in [3.8, 4) is 0 Å². The van der Waals surface area contributed by atoms with Gasteiger partial charge in [-0.1, -0.05) is 13.3 Å². The second-order valence-electron chi connectivity index (χ2n) is 5.19. The topological polar surface area (TPSA) is 58.4 Å². The molecule has 0 aliphatic carbocycles. The molecule has 1 rings (SSSR count). The standard InChI is InChI=1S/C13H27N3O.2ClH/c1-11(12(2)14)13(17)15-7-6-10-16-8-4-3-5-9-16;;/h11-12H,3-10,14H2,1-2H3,(H,15,17);2*1H. The monoisotopic (exact) mass is 313 g/mol. The highest BCUT2D eigenvalue weighted by Gasteiger charge is 2.16. The number of rotatable bonds is 6. The Morgan fingerprint density at radius 2 is 1.79 bits per heavy atom. The maximum Gasteiger partial charge on any atom is 0.224 e. The number of amides is 1. The lowest BCUT2D eigenvalue weighted by atomic mass is 10.0. The molecular weight excluding hydrogens is 285 g/mol. The zero-order valence-corrected chi connectivity index (χ0v) is 13.7. The third-order valence-corrected chi connectivity index (χ3v) is 3.60. The lowest BCUT2D eigenvalue weighted by Gasteiger charge is -2.26. The Hall–Kier alpha value is -0.0300. The van der Waals surface area contributed by atoms with E-state index in [9.17, 15) is 4.79 Å². The van der Waals surface area contributed by atoms with Crippen LogP contribution in [0.3, 0.4) is 0 Å². The molecule has 116 valence electrons. The van der Waals surface area contributed by atoms with Gasteiger partial charge < -0.3 is 16.0 Å². The number of piperidine rings is 1. The first-order chi connectivity index (χ1) is 8.11. The van der Waals surface area contributed by atoms with Gasteiger partial charge in [0.1, 0.15) is 0 Å². The fraction of sp³-hybridized carbons (Fsp3) is 0.923. The molecule has 6 heteroatoms. The van der Waals surface area contributed by atoms with Crippen LogP contribution in [-0.4, -0.2) is 43.0 Å². The third-order valence-electron chi connectivity index (χ3n) is 3.60. The highest BCUT2D eigenvalue weighted by Crippen LogP contribution is 2.08. The van der Waals surface area contributed by atoms with Gasteiger partial charge in [-0.15, -0.1) is 24.8 Å². The molecule has 1 saturated heterocycles. The molecule has 19 heavy (non-hydrogen) atoms. The molecule has 1 aliphatic rings. The van der Waals surface area contributed by atoms with E-state index in [0.717, 1.165) is 19.5 Å². The maximum absolute atomic E-state index is 11.6. The van der Waals surface area contributed by atoms with Gasteiger partial charge in [-0.05, 0) is 45.8 Å². The molecular formula is C13H29Cl2N3O. The minimum absolute atomic E-state index is 0. The first-order valence-corrected chi connectivity index (χ1v) is 6.87. The normalized spacial score (nSPS) is 18.7. The van der Waals surface area contributed by atoms with Crippen LogP contribution in [0.25, 0.3) is 0 Å². The molecule has 1 fully saturated rings. The van der Waals surface area contributed by atoms with Crippen molar-refractivity contribution in [2.45, 2.75) is 45.6 Å². The highest BCUT2D eigenvalue weighted by molar-refractivity contribution is 5.85. The Morgan fingerprint density at radius 3 is 2.32 bits per heavy atom. The summed E-state index contributed by atoms with van der Waals surface area (Å²) in [4.78, 5) is 14.1. The summed E-state index contributed by atoms with van der Waals surface area (Å²) in [6, 6.07) is -0.0721. The van der Waals surface area contributed by atoms with Crippen molar-refractivity contribution in [2.24, 2.45) is 11.7 Å². The summed E-state index contributed by atoms with van der Waals surface area (Å²) >= 11 is 0. The van der Waals surface area contributed by atoms with Crippen molar-refractivity contribution >= 4 is 30.7 Å². The number of nitrogens with one attached hydrogen (secondary N) is 1. The van der Waals surface area contributed by atoms with Gasteiger partial charge in [-0.25, -0.2) is 0 Å². The van der Waals surface area contributed by atoms with Gasteiger partial charge in [0.15, 0.2) is 0 Å². The van der Waals surface area contributed by atoms with E-state index in [1.54, 1.807) is 0 Å². The summed E-state index contributed by atoms with van der Waals surface area (Å²) in [5.74, 6) is -0.0105. The predicted octanol–water partition coefficient (Wildman–Crippen LogP) is 1.81. The van der Waals surface area contributed by atoms with E-state index >= 15 is 0 Å². The number of nitrogens with two attached hydrogens (primary N) is 1. The van der Waals surface area contributed by atoms with Crippen LogP contribution in [0.2, 0.25) is 0 Å². The second-order valence-corrected chi connectivity index (χ2v) is 5.19. The second kappa shape index (κ2) is 11.8. The molecule has 4 nitrogen and oxygen atoms in total. The van der Waals surface area contributed by atoms with Gasteiger partial charge in [0.05, 0.1) is 0 Å². The van der Waals surface area contributed by atoms with Gasteiger partial charge in [-0.3, -0.25) is 4.79 Å². The molecule has 0 aromatic rings. The lowest BCUT2D eigenvalue weighted by molar-refractivity contribution is -0.124. The Labute approximate surface area is 129 Å². The number of hydrogen-bond acceptors (Lipinski definition) is 3. The van der Waals surface area contributed by atoms with Crippen LogP contribution in [-0.2, 0) is 4.79 Å². The maximum atomic E-state index is 11.6. The average molecular weight is 314 g/mol. The molecule has 1 aliphatic heterocycles. The average Bonchev–Trinajstić information content (AvgIpc) is 2.34. The van der Waals surface area contributed by atoms with E-state index in [-0.39, 0.29) is 42.7 Å². The number of carbonyl (C=O) groups excluding carboxylic acids is 1. The fourth-order valence-electron chi connectivity index (χ4n) is 2.10. The molecule has 0 aromatic carbocycles. The summed E-state index contributed by atoms with van der Waals surface area (Å²) in [6.07, 6.45) is 5.07. The molecule has 0 bridgehead atoms. The molecule has 2 unspecified atom stereocenters. The molecule has 1 heterocycles. The smallest absolute Gasteiger partial charge is 0.224 e. The van der Waals surface area contributed by atoms with E-state index in [1.807, 2.05) is 13.8 Å². The zero-order chi connectivity index (χ0) is 12.7. The van der Waals surface area contributed by atoms with Crippen molar-refractivity contribution in [2.75, 3.05) is 26.2 Å². The molecule has 1 amide bonds. The molecule has 0 radical (unpaired) electrons. The first-order valence-electron chi connectivity index (χ1n) is 6.87. The number of carbonyl (C=O) groups is 1. The Kier molecular flexibility index (Phi) is 13.2. The summed E-state index contributed by atoms with van der Waals surface area (Å²) in [5, 5.41) is 2.96. The fourth-order valence-corrected chi connectivity index (χ4v) is 2.10. The van der Waals surface area contributed by atoms with Crippen molar-refractivity contribution in [3.05, 3.63) is 0 Å². The van der Waals surface area contributed by atoms with Gasteiger partial charge in [0.25, 0.3) is 0 Å². The molecule has 0 spiro atoms. The molecule has 0 aromatic heterocycles. The van der Waals surface area contributed by atoms with Gasteiger partial charge >= 0.3 is 0 Å². The lowest BCUT2D eigenvalue weighted by Crippen LogP contribution is -2.40. The number of likely N-dealkylation sites (tertiary alicyclic amines) is 1. The van der Waals surface area contributed by atoms with E-state index in [0.29, 0.717) is 0 Å². The summed E-state index contributed by atoms with van der Waals surface area (Å²) in [7, 11) is 0. The number of hydrogen-bond donors (Lipinski definition) is 2. The quantitative estimate of drug-likeness (QED) is 0.735. The van der Waals surface area contributed by atoms with Crippen molar-refractivity contribution in [1.82, 2.24) is 10.2 Å². The van der Waals surface area contributed by atoms with Crippen LogP contribution in [0.4, 0.5) is 0 Å². The minimum Gasteiger partial charge on any atom is -0.356 e. The Balaban J connectivity index is 0. The third kappa shape index (κ3) is 8.69. The van der Waals surface area contributed by atoms with E-state index in [1.165, 1.54) is 32.4 Å². The van der Waals surface area contributed by atoms with Crippen LogP contribution >= 0.6 is 24.8 Å². The molecule has 3 N–H and O–H groups in total. The number of nitrogens with zero attached hydrogens (tertiary/aromatic N) is 1. The highest BCUT2D eigenvalue weighted by atomic mass is 35.5. The van der Waals surface area contributed by atoms with Crippen LogP contribution < -0.4 is 11.1 Å². The Morgan fingerprint density at radius 1 is 1.21 bits per heavy atom. The van der Waals surface area contributed by atoms with Gasteiger partial charge in [-0.2, -0.15) is 0 Å². The van der Waals surface area contributed by atoms with E-state index in [2.05, 4.69) is 10.2 Å². The molecule has 2 atom stereocenters. The summed E-state index contributed by atoms with van der Waals surface area (Å²) in [6.45, 7) is 8.08. The number of halogens is 2. The first kappa shape index (κ1) is 21.3. The molecule has 0 saturated carbocycles. The van der Waals surface area contributed by atoms with Crippen LogP contribution in [0, 0.1) is 5.92 Å². The van der Waals surface area contributed by atoms with Gasteiger partial charge in [0, 0.05) is 18.5 Å². The van der Waals surface area contributed by atoms with Crippen molar-refractivity contribution < 1.29 is 4.79 Å². The largest absolute Gasteiger partial charge is 0.356 e. The minimum atomic E-state index is -0.0926.